The predicted octanol–water partition coefficient (Wildman–Crippen LogP) is 1.24. The Bertz CT molecular complexity index is 470. The lowest BCUT2D eigenvalue weighted by Gasteiger charge is -2.25. The number of aliphatic carboxylic acids is 1. The molecule has 0 aromatic rings. The van der Waals surface area contributed by atoms with Crippen molar-refractivity contribution < 1.29 is 29.7 Å². The van der Waals surface area contributed by atoms with Gasteiger partial charge >= 0.3 is 12.1 Å². The van der Waals surface area contributed by atoms with Crippen molar-refractivity contribution in [2.75, 3.05) is 0 Å². The molecule has 6 heteroatoms. The Hall–Kier alpha value is -1.59. The van der Waals surface area contributed by atoms with E-state index in [1.54, 1.807) is 0 Å². The van der Waals surface area contributed by atoms with E-state index in [4.69, 9.17) is 15.3 Å². The molecule has 3 atom stereocenters. The molecule has 1 aliphatic heterocycles. The van der Waals surface area contributed by atoms with Gasteiger partial charge in [0.1, 0.15) is 11.6 Å². The second-order valence-corrected chi connectivity index (χ2v) is 4.64. The molecule has 1 saturated heterocycles. The largest absolute Gasteiger partial charge is 0.480 e. The van der Waals surface area contributed by atoms with Gasteiger partial charge in [-0.2, -0.15) is 0 Å². The van der Waals surface area contributed by atoms with Crippen LogP contribution in [0.5, 0.6) is 0 Å². The minimum absolute atomic E-state index is 0.224. The number of carboxylic acids is 1. The molecule has 0 aromatic heterocycles. The summed E-state index contributed by atoms with van der Waals surface area (Å²) in [5, 5.41) is 9.10. The summed E-state index contributed by atoms with van der Waals surface area (Å²) in [6.45, 7) is 1.68. The third-order valence-corrected chi connectivity index (χ3v) is 2.00. The number of carbonyl (C=O) groups is 3. The lowest BCUT2D eigenvalue weighted by atomic mass is 10.1. The second-order valence-electron chi connectivity index (χ2n) is 4.64. The fourth-order valence-electron chi connectivity index (χ4n) is 1.34. The van der Waals surface area contributed by atoms with Crippen molar-refractivity contribution in [2.24, 2.45) is 5.92 Å². The van der Waals surface area contributed by atoms with Crippen LogP contribution in [0.1, 0.15) is 39.5 Å². The van der Waals surface area contributed by atoms with Crippen LogP contribution < -0.4 is 0 Å². The molecule has 17 heavy (non-hydrogen) atoms. The van der Waals surface area contributed by atoms with Crippen LogP contribution in [0.15, 0.2) is 0 Å². The zero-order valence-corrected chi connectivity index (χ0v) is 9.76. The maximum atomic E-state index is 12.1. The van der Waals surface area contributed by atoms with Crippen molar-refractivity contribution in [3.05, 3.63) is 0 Å². The normalized spacial score (nSPS) is 33.5. The van der Waals surface area contributed by atoms with Crippen LogP contribution in [0.4, 0.5) is 4.79 Å². The average Bonchev–Trinajstić information content (AvgIpc) is 2.46. The van der Waals surface area contributed by atoms with E-state index in [0.717, 1.165) is 0 Å². The Balaban J connectivity index is 3.19. The highest BCUT2D eigenvalue weighted by Gasteiger charge is 2.46. The van der Waals surface area contributed by atoms with Gasteiger partial charge in [0.15, 0.2) is 0 Å². The van der Waals surface area contributed by atoms with Crippen LogP contribution in [-0.4, -0.2) is 39.6 Å². The molecule has 0 bridgehead atoms. The van der Waals surface area contributed by atoms with Crippen LogP contribution in [0.25, 0.3) is 0 Å². The molecule has 1 aliphatic rings. The zero-order valence-electron chi connectivity index (χ0n) is 13.8. The molecule has 1 heterocycles. The maximum absolute atomic E-state index is 12.1. The number of rotatable bonds is 1. The summed E-state index contributed by atoms with van der Waals surface area (Å²) in [6, 6.07) is -1.88. The van der Waals surface area contributed by atoms with E-state index in [0.29, 0.717) is 0 Å². The van der Waals surface area contributed by atoms with Crippen molar-refractivity contribution >= 4 is 18.0 Å². The van der Waals surface area contributed by atoms with Crippen LogP contribution in [-0.2, 0) is 14.3 Å². The van der Waals surface area contributed by atoms with Gasteiger partial charge in [-0.05, 0) is 27.2 Å². The standard InChI is InChI=1S/C11H17NO5/c1-6-5-7(9(14)15)12(8(6)13)10(16)17-11(2,3)4/h6-7H,5H2,1-4H3,(H,14,15)/t6-,7-/m0/s1/i1+0D3,5D/t5?,6-,7-. The van der Waals surface area contributed by atoms with Gasteiger partial charge in [0.2, 0.25) is 5.91 Å². The number of nitrogens with zero attached hydrogens (tertiary/aromatic N) is 1. The van der Waals surface area contributed by atoms with Crippen LogP contribution >= 0.6 is 0 Å². The van der Waals surface area contributed by atoms with E-state index in [-0.39, 0.29) is 4.90 Å². The molecule has 0 saturated carbocycles. The fourth-order valence-corrected chi connectivity index (χ4v) is 1.34. The Morgan fingerprint density at radius 2 is 2.18 bits per heavy atom. The third-order valence-electron chi connectivity index (χ3n) is 2.00. The van der Waals surface area contributed by atoms with Gasteiger partial charge in [0.05, 0.1) is 0 Å². The van der Waals surface area contributed by atoms with Gasteiger partial charge in [-0.15, -0.1) is 0 Å². The monoisotopic (exact) mass is 247 g/mol. The van der Waals surface area contributed by atoms with Crippen molar-refractivity contribution in [2.45, 2.75) is 45.7 Å². The first-order valence-electron chi connectivity index (χ1n) is 7.06. The zero-order chi connectivity index (χ0) is 16.7. The number of hydrogen-bond donors (Lipinski definition) is 1. The topological polar surface area (TPSA) is 83.9 Å². The molecule has 1 fully saturated rings. The summed E-state index contributed by atoms with van der Waals surface area (Å²) >= 11 is 0. The Morgan fingerprint density at radius 3 is 2.59 bits per heavy atom. The molecular weight excluding hydrogens is 226 g/mol. The number of carboxylic acid groups (broad SMARTS) is 1. The summed E-state index contributed by atoms with van der Waals surface area (Å²) in [6.07, 6.45) is -3.04. The summed E-state index contributed by atoms with van der Waals surface area (Å²) in [4.78, 5) is 35.5. The van der Waals surface area contributed by atoms with E-state index in [1.165, 1.54) is 20.8 Å². The van der Waals surface area contributed by atoms with Gasteiger partial charge in [-0.3, -0.25) is 4.79 Å². The van der Waals surface area contributed by atoms with Crippen molar-refractivity contribution in [3.8, 4) is 0 Å². The quantitative estimate of drug-likeness (QED) is 0.753. The summed E-state index contributed by atoms with van der Waals surface area (Å²) in [7, 11) is 0. The average molecular weight is 247 g/mol. The SMILES string of the molecule is [2H]C1[C@@H](C(=O)O)N(C(=O)OC(C)(C)C)C(=O)[C@H]1[12C]([2H])([2H])[2H]. The van der Waals surface area contributed by atoms with Gasteiger partial charge in [-0.1, -0.05) is 6.85 Å². The highest BCUT2D eigenvalue weighted by Crippen LogP contribution is 2.26. The third kappa shape index (κ3) is 2.95. The molecule has 1 N–H and O–H groups in total. The van der Waals surface area contributed by atoms with Crippen LogP contribution in [0.3, 0.4) is 0 Å². The Labute approximate surface area is 105 Å². The lowest BCUT2D eigenvalue weighted by molar-refractivity contribution is -0.145. The highest BCUT2D eigenvalue weighted by atomic mass is 16.6. The van der Waals surface area contributed by atoms with Crippen molar-refractivity contribution in [1.82, 2.24) is 4.90 Å². The number of likely N-dealkylation sites (tertiary alicyclic amines) is 1. The minimum Gasteiger partial charge on any atom is -0.480 e. The number of hydrogen-bond acceptors (Lipinski definition) is 4. The number of ether oxygens (including phenoxy) is 1. The van der Waals surface area contributed by atoms with Crippen LogP contribution in [0, 0.1) is 5.92 Å². The van der Waals surface area contributed by atoms with E-state index >= 15 is 0 Å². The highest BCUT2D eigenvalue weighted by molar-refractivity contribution is 6.00. The summed E-state index contributed by atoms with van der Waals surface area (Å²) in [5.41, 5.74) is -0.990. The fraction of sp³-hybridized carbons (Fsp3) is 0.727. The molecule has 96 valence electrons. The lowest BCUT2D eigenvalue weighted by Crippen LogP contribution is -2.45. The molecule has 0 aliphatic carbocycles. The summed E-state index contributed by atoms with van der Waals surface area (Å²) < 4.78 is 34.4. The maximum Gasteiger partial charge on any atom is 0.417 e. The number of carbonyl (C=O) groups excluding carboxylic acids is 2. The van der Waals surface area contributed by atoms with Crippen molar-refractivity contribution in [3.63, 3.8) is 0 Å². The molecule has 1 rings (SSSR count). The molecule has 1 unspecified atom stereocenters. The van der Waals surface area contributed by atoms with Gasteiger partial charge < -0.3 is 9.84 Å². The Kier molecular flexibility index (Phi) is 2.17. The molecule has 0 radical (unpaired) electrons. The van der Waals surface area contributed by atoms with Gasteiger partial charge in [-0.25, -0.2) is 14.5 Å². The molecular formula is C11H17NO5. The van der Waals surface area contributed by atoms with Crippen molar-refractivity contribution in [1.29, 1.82) is 0 Å². The summed E-state index contributed by atoms with van der Waals surface area (Å²) in [5.74, 6) is -4.72. The second kappa shape index (κ2) is 4.35. The molecule has 6 nitrogen and oxygen atoms in total. The first-order chi connectivity index (χ1) is 9.27. The first-order valence-corrected chi connectivity index (χ1v) is 4.98. The van der Waals surface area contributed by atoms with E-state index in [9.17, 15) is 14.4 Å². The van der Waals surface area contributed by atoms with Gasteiger partial charge in [0, 0.05) is 11.4 Å². The van der Waals surface area contributed by atoms with Crippen LogP contribution in [0.2, 0.25) is 0 Å². The molecule has 0 aromatic carbocycles. The predicted molar refractivity (Wildman–Crippen MR) is 58.3 cm³/mol. The Morgan fingerprint density at radius 1 is 1.59 bits per heavy atom. The smallest absolute Gasteiger partial charge is 0.417 e. The van der Waals surface area contributed by atoms with E-state index in [2.05, 4.69) is 0 Å². The molecule has 2 amide bonds. The molecule has 0 spiro atoms. The first kappa shape index (κ1) is 8.49. The minimum atomic E-state index is -2.87. The number of imide groups is 1. The van der Waals surface area contributed by atoms with E-state index < -0.39 is 48.8 Å². The van der Waals surface area contributed by atoms with E-state index in [1.807, 2.05) is 0 Å². The number of amides is 2. The van der Waals surface area contributed by atoms with Gasteiger partial charge in [0.25, 0.3) is 0 Å².